The van der Waals surface area contributed by atoms with Crippen molar-refractivity contribution in [2.24, 2.45) is 5.84 Å². The number of rotatable bonds is 6. The summed E-state index contributed by atoms with van der Waals surface area (Å²) in [6.45, 7) is 0.726. The predicted octanol–water partition coefficient (Wildman–Crippen LogP) is 1.06. The number of hydrogen-bond acceptors (Lipinski definition) is 8. The predicted molar refractivity (Wildman–Crippen MR) is 81.3 cm³/mol. The van der Waals surface area contributed by atoms with Gasteiger partial charge in [0.25, 0.3) is 5.95 Å². The minimum absolute atomic E-state index is 0.286. The number of nitrogens with one attached hydrogen (secondary N) is 2. The van der Waals surface area contributed by atoms with Gasteiger partial charge in [0.1, 0.15) is 0 Å². The Kier molecular flexibility index (Phi) is 4.03. The van der Waals surface area contributed by atoms with E-state index in [9.17, 15) is 0 Å². The number of aromatic nitrogens is 5. The Morgan fingerprint density at radius 3 is 2.86 bits per heavy atom. The molecule has 0 aliphatic heterocycles. The van der Waals surface area contributed by atoms with Gasteiger partial charge in [0.15, 0.2) is 0 Å². The first kappa shape index (κ1) is 13.5. The van der Waals surface area contributed by atoms with Crippen molar-refractivity contribution < 1.29 is 0 Å². The molecule has 9 heteroatoms. The lowest BCUT2D eigenvalue weighted by Gasteiger charge is -2.08. The lowest BCUT2D eigenvalue weighted by Crippen LogP contribution is -2.16. The van der Waals surface area contributed by atoms with E-state index in [0.29, 0.717) is 11.9 Å². The largest absolute Gasteiger partial charge is 0.354 e. The summed E-state index contributed by atoms with van der Waals surface area (Å²) in [5, 5.41) is 11.4. The Morgan fingerprint density at radius 2 is 2.14 bits per heavy atom. The van der Waals surface area contributed by atoms with Gasteiger partial charge < -0.3 is 5.32 Å². The van der Waals surface area contributed by atoms with Gasteiger partial charge in [-0.05, 0) is 34.9 Å². The van der Waals surface area contributed by atoms with E-state index in [1.807, 2.05) is 0 Å². The quantitative estimate of drug-likeness (QED) is 0.461. The summed E-state index contributed by atoms with van der Waals surface area (Å²) in [5.41, 5.74) is 3.72. The highest BCUT2D eigenvalue weighted by Crippen LogP contribution is 2.09. The zero-order chi connectivity index (χ0) is 14.5. The molecule has 0 atom stereocenters. The molecule has 0 fully saturated rings. The Morgan fingerprint density at radius 1 is 1.24 bits per heavy atom. The second-order valence-corrected chi connectivity index (χ2v) is 4.97. The molecule has 0 saturated heterocycles. The van der Waals surface area contributed by atoms with E-state index < -0.39 is 0 Å². The van der Waals surface area contributed by atoms with Gasteiger partial charge in [-0.3, -0.25) is 5.43 Å². The molecule has 0 aliphatic carbocycles. The second kappa shape index (κ2) is 6.29. The van der Waals surface area contributed by atoms with Crippen molar-refractivity contribution in [2.45, 2.75) is 6.42 Å². The maximum atomic E-state index is 5.39. The van der Waals surface area contributed by atoms with Crippen LogP contribution in [0.1, 0.15) is 5.56 Å². The van der Waals surface area contributed by atoms with Gasteiger partial charge in [-0.25, -0.2) is 10.5 Å². The molecule has 0 radical (unpaired) electrons. The Labute approximate surface area is 125 Å². The van der Waals surface area contributed by atoms with Crippen LogP contribution in [0.25, 0.3) is 5.95 Å². The van der Waals surface area contributed by atoms with Crippen LogP contribution in [0.5, 0.6) is 0 Å². The highest BCUT2D eigenvalue weighted by Gasteiger charge is 2.07. The van der Waals surface area contributed by atoms with Crippen molar-refractivity contribution in [1.29, 1.82) is 0 Å². The van der Waals surface area contributed by atoms with Crippen LogP contribution in [0.4, 0.5) is 11.9 Å². The molecule has 0 bridgehead atoms. The average molecular weight is 302 g/mol. The summed E-state index contributed by atoms with van der Waals surface area (Å²) in [4.78, 5) is 12.6. The molecule has 0 saturated carbocycles. The molecule has 0 aliphatic rings. The third-order valence-corrected chi connectivity index (χ3v) is 3.47. The molecule has 0 amide bonds. The molecule has 4 N–H and O–H groups in total. The van der Waals surface area contributed by atoms with E-state index >= 15 is 0 Å². The van der Waals surface area contributed by atoms with Crippen molar-refractivity contribution >= 4 is 23.2 Å². The number of hydrazine groups is 1. The van der Waals surface area contributed by atoms with Gasteiger partial charge in [0.2, 0.25) is 11.9 Å². The third-order valence-electron chi connectivity index (χ3n) is 2.74. The third kappa shape index (κ3) is 3.33. The second-order valence-electron chi connectivity index (χ2n) is 4.19. The fourth-order valence-electron chi connectivity index (χ4n) is 1.75. The van der Waals surface area contributed by atoms with Crippen molar-refractivity contribution in [1.82, 2.24) is 24.7 Å². The lowest BCUT2D eigenvalue weighted by atomic mass is 10.2. The number of nitrogens with zero attached hydrogens (tertiary/aromatic N) is 5. The normalized spacial score (nSPS) is 10.5. The minimum Gasteiger partial charge on any atom is -0.354 e. The van der Waals surface area contributed by atoms with Gasteiger partial charge >= 0.3 is 0 Å². The molecule has 3 aromatic rings. The molecular weight excluding hydrogens is 288 g/mol. The van der Waals surface area contributed by atoms with Crippen molar-refractivity contribution in [3.05, 3.63) is 40.8 Å². The molecular formula is C12H14N8S. The van der Waals surface area contributed by atoms with E-state index in [1.54, 1.807) is 34.5 Å². The summed E-state index contributed by atoms with van der Waals surface area (Å²) >= 11 is 1.69. The smallest absolute Gasteiger partial charge is 0.257 e. The molecule has 0 unspecified atom stereocenters. The van der Waals surface area contributed by atoms with Gasteiger partial charge in [-0.1, -0.05) is 0 Å². The van der Waals surface area contributed by atoms with E-state index in [-0.39, 0.29) is 5.95 Å². The molecule has 0 spiro atoms. The van der Waals surface area contributed by atoms with Crippen LogP contribution in [0.2, 0.25) is 0 Å². The van der Waals surface area contributed by atoms with Gasteiger partial charge in [-0.2, -0.15) is 31.4 Å². The first-order valence-electron chi connectivity index (χ1n) is 6.33. The molecule has 3 rings (SSSR count). The molecule has 8 nitrogen and oxygen atoms in total. The zero-order valence-electron chi connectivity index (χ0n) is 11.1. The summed E-state index contributed by atoms with van der Waals surface area (Å²) in [6, 6.07) is 3.89. The van der Waals surface area contributed by atoms with Crippen LogP contribution in [-0.4, -0.2) is 31.3 Å². The first-order chi connectivity index (χ1) is 10.3. The van der Waals surface area contributed by atoms with Crippen LogP contribution >= 0.6 is 11.3 Å². The maximum Gasteiger partial charge on any atom is 0.257 e. The van der Waals surface area contributed by atoms with Crippen molar-refractivity contribution in [3.63, 3.8) is 0 Å². The summed E-state index contributed by atoms with van der Waals surface area (Å²) in [7, 11) is 0. The van der Waals surface area contributed by atoms with Crippen LogP contribution < -0.4 is 16.6 Å². The fraction of sp³-hybridized carbons (Fsp3) is 0.167. The summed E-state index contributed by atoms with van der Waals surface area (Å²) in [5.74, 6) is 6.53. The van der Waals surface area contributed by atoms with Crippen molar-refractivity contribution in [3.8, 4) is 5.95 Å². The number of nitrogen functional groups attached to an aromatic ring is 1. The molecule has 3 heterocycles. The Bertz CT molecular complexity index is 679. The number of thiophene rings is 1. The highest BCUT2D eigenvalue weighted by atomic mass is 32.1. The Hall–Kier alpha value is -2.52. The SMILES string of the molecule is NNc1nc(NCCc2ccsc2)nc(-n2cccn2)n1. The first-order valence-corrected chi connectivity index (χ1v) is 7.27. The zero-order valence-corrected chi connectivity index (χ0v) is 11.9. The van der Waals surface area contributed by atoms with E-state index in [1.165, 1.54) is 5.56 Å². The monoisotopic (exact) mass is 302 g/mol. The van der Waals surface area contributed by atoms with Crippen molar-refractivity contribution in [2.75, 3.05) is 17.3 Å². The molecule has 0 aromatic carbocycles. The Balaban J connectivity index is 1.73. The summed E-state index contributed by atoms with van der Waals surface area (Å²) < 4.78 is 1.55. The maximum absolute atomic E-state index is 5.39. The number of nitrogens with two attached hydrogens (primary N) is 1. The molecule has 21 heavy (non-hydrogen) atoms. The summed E-state index contributed by atoms with van der Waals surface area (Å²) in [6.07, 6.45) is 4.31. The number of hydrogen-bond donors (Lipinski definition) is 3. The van der Waals surface area contributed by atoms with Crippen LogP contribution in [-0.2, 0) is 6.42 Å². The fourth-order valence-corrected chi connectivity index (χ4v) is 2.45. The van der Waals surface area contributed by atoms with E-state index in [4.69, 9.17) is 5.84 Å². The lowest BCUT2D eigenvalue weighted by molar-refractivity contribution is 0.795. The topological polar surface area (TPSA) is 107 Å². The van der Waals surface area contributed by atoms with E-state index in [2.05, 4.69) is 47.6 Å². The van der Waals surface area contributed by atoms with Crippen LogP contribution in [0.3, 0.4) is 0 Å². The minimum atomic E-state index is 0.286. The number of anilines is 2. The molecule has 3 aromatic heterocycles. The highest BCUT2D eigenvalue weighted by molar-refractivity contribution is 7.07. The molecule has 108 valence electrons. The average Bonchev–Trinajstić information content (AvgIpc) is 3.20. The van der Waals surface area contributed by atoms with Crippen LogP contribution in [0, 0.1) is 0 Å². The van der Waals surface area contributed by atoms with Gasteiger partial charge in [0, 0.05) is 18.9 Å². The van der Waals surface area contributed by atoms with E-state index in [0.717, 1.165) is 13.0 Å². The van der Waals surface area contributed by atoms with Crippen LogP contribution in [0.15, 0.2) is 35.3 Å². The van der Waals surface area contributed by atoms with Gasteiger partial charge in [-0.15, -0.1) is 0 Å². The van der Waals surface area contributed by atoms with Gasteiger partial charge in [0.05, 0.1) is 0 Å². The standard InChI is InChI=1S/C12H14N8S/c13-19-11-16-10(14-5-2-9-3-7-21-8-9)17-12(18-11)20-6-1-4-15-20/h1,3-4,6-8H,2,5,13H2,(H2,14,16,17,18,19).